The van der Waals surface area contributed by atoms with E-state index in [1.165, 1.54) is 4.90 Å². The van der Waals surface area contributed by atoms with E-state index in [1.54, 1.807) is 0 Å². The Morgan fingerprint density at radius 3 is 2.36 bits per heavy atom. The Bertz CT molecular complexity index is 578. The standard InChI is InChI=1S/C19H29N3O3/c1-5-25-19(24)15-10-12-22(13-11-15)14(2)18(23)20-16-6-8-17(9-7-16)21(3)4/h6-9,14-15H,5,10-13H2,1-4H3,(H,20,23)/p+1/t14-/m1/s1. The quantitative estimate of drug-likeness (QED) is 0.751. The van der Waals surface area contributed by atoms with Gasteiger partial charge in [-0.1, -0.05) is 0 Å². The van der Waals surface area contributed by atoms with Crippen LogP contribution in [0.2, 0.25) is 0 Å². The van der Waals surface area contributed by atoms with E-state index in [0.717, 1.165) is 37.3 Å². The molecular formula is C19H30N3O3+. The third kappa shape index (κ3) is 5.19. The first kappa shape index (κ1) is 19.2. The maximum absolute atomic E-state index is 12.5. The summed E-state index contributed by atoms with van der Waals surface area (Å²) >= 11 is 0. The number of ether oxygens (including phenoxy) is 1. The van der Waals surface area contributed by atoms with Crippen molar-refractivity contribution in [3.8, 4) is 0 Å². The van der Waals surface area contributed by atoms with E-state index < -0.39 is 0 Å². The molecule has 1 amide bonds. The molecule has 138 valence electrons. The second kappa shape index (κ2) is 8.85. The van der Waals surface area contributed by atoms with Gasteiger partial charge < -0.3 is 19.9 Å². The minimum atomic E-state index is -0.142. The zero-order chi connectivity index (χ0) is 18.4. The number of quaternary nitrogens is 1. The zero-order valence-corrected chi connectivity index (χ0v) is 15.7. The number of amides is 1. The van der Waals surface area contributed by atoms with E-state index in [1.807, 2.05) is 57.1 Å². The Kier molecular flexibility index (Phi) is 6.82. The van der Waals surface area contributed by atoms with Gasteiger partial charge in [0.2, 0.25) is 0 Å². The SMILES string of the molecule is CCOC(=O)C1CC[NH+]([C@H](C)C(=O)Nc2ccc(N(C)C)cc2)CC1. The number of benzene rings is 1. The van der Waals surface area contributed by atoms with Crippen molar-refractivity contribution in [1.82, 2.24) is 0 Å². The van der Waals surface area contributed by atoms with Gasteiger partial charge in [0, 0.05) is 38.3 Å². The molecule has 0 saturated carbocycles. The predicted octanol–water partition coefficient (Wildman–Crippen LogP) is 0.938. The van der Waals surface area contributed by atoms with Crippen LogP contribution in [0.5, 0.6) is 0 Å². The summed E-state index contributed by atoms with van der Waals surface area (Å²) in [5.41, 5.74) is 1.90. The topological polar surface area (TPSA) is 63.1 Å². The fourth-order valence-electron chi connectivity index (χ4n) is 3.20. The normalized spacial score (nSPS) is 21.3. The average molecular weight is 348 g/mol. The second-order valence-electron chi connectivity index (χ2n) is 6.84. The summed E-state index contributed by atoms with van der Waals surface area (Å²) in [6, 6.07) is 7.66. The molecule has 2 rings (SSSR count). The lowest BCUT2D eigenvalue weighted by molar-refractivity contribution is -0.919. The monoisotopic (exact) mass is 348 g/mol. The van der Waals surface area contributed by atoms with Crippen molar-refractivity contribution in [1.29, 1.82) is 0 Å². The number of rotatable bonds is 6. The number of likely N-dealkylation sites (tertiary alicyclic amines) is 1. The molecule has 0 radical (unpaired) electrons. The number of hydrogen-bond donors (Lipinski definition) is 2. The fourth-order valence-corrected chi connectivity index (χ4v) is 3.20. The van der Waals surface area contributed by atoms with E-state index in [4.69, 9.17) is 4.74 Å². The molecule has 0 bridgehead atoms. The van der Waals surface area contributed by atoms with Crippen LogP contribution in [0.3, 0.4) is 0 Å². The van der Waals surface area contributed by atoms with Crippen molar-refractivity contribution in [3.63, 3.8) is 0 Å². The summed E-state index contributed by atoms with van der Waals surface area (Å²) in [5.74, 6) is -0.0978. The van der Waals surface area contributed by atoms with Gasteiger partial charge >= 0.3 is 5.97 Å². The minimum Gasteiger partial charge on any atom is -0.466 e. The van der Waals surface area contributed by atoms with Gasteiger partial charge in [0.25, 0.3) is 5.91 Å². The molecule has 1 fully saturated rings. The molecule has 25 heavy (non-hydrogen) atoms. The Hall–Kier alpha value is -2.08. The lowest BCUT2D eigenvalue weighted by Gasteiger charge is -2.31. The van der Waals surface area contributed by atoms with Crippen LogP contribution in [0, 0.1) is 5.92 Å². The van der Waals surface area contributed by atoms with Crippen LogP contribution in [0.1, 0.15) is 26.7 Å². The van der Waals surface area contributed by atoms with Gasteiger partial charge in [-0.15, -0.1) is 0 Å². The van der Waals surface area contributed by atoms with Crippen molar-refractivity contribution in [2.45, 2.75) is 32.7 Å². The zero-order valence-electron chi connectivity index (χ0n) is 15.7. The van der Waals surface area contributed by atoms with Gasteiger partial charge in [-0.3, -0.25) is 9.59 Å². The molecule has 0 aromatic heterocycles. The van der Waals surface area contributed by atoms with Crippen LogP contribution >= 0.6 is 0 Å². The Balaban J connectivity index is 1.85. The number of piperidine rings is 1. The summed E-state index contributed by atoms with van der Waals surface area (Å²) in [6.07, 6.45) is 1.56. The molecule has 1 aliphatic rings. The summed E-state index contributed by atoms with van der Waals surface area (Å²) in [6.45, 7) is 5.84. The first-order chi connectivity index (χ1) is 11.9. The van der Waals surface area contributed by atoms with Crippen molar-refractivity contribution in [2.24, 2.45) is 5.92 Å². The van der Waals surface area contributed by atoms with Gasteiger partial charge in [-0.2, -0.15) is 0 Å². The second-order valence-corrected chi connectivity index (χ2v) is 6.84. The lowest BCUT2D eigenvalue weighted by atomic mass is 9.96. The minimum absolute atomic E-state index is 0.0159. The van der Waals surface area contributed by atoms with Gasteiger partial charge in [0.05, 0.1) is 25.6 Å². The Morgan fingerprint density at radius 2 is 1.84 bits per heavy atom. The van der Waals surface area contributed by atoms with Crippen molar-refractivity contribution < 1.29 is 19.2 Å². The molecule has 1 heterocycles. The summed E-state index contributed by atoms with van der Waals surface area (Å²) in [5, 5.41) is 2.99. The molecule has 0 spiro atoms. The lowest BCUT2D eigenvalue weighted by Crippen LogP contribution is -3.17. The maximum Gasteiger partial charge on any atom is 0.309 e. The van der Waals surface area contributed by atoms with Crippen molar-refractivity contribution >= 4 is 23.3 Å². The van der Waals surface area contributed by atoms with E-state index in [0.29, 0.717) is 6.61 Å². The molecule has 2 N–H and O–H groups in total. The first-order valence-corrected chi connectivity index (χ1v) is 9.01. The smallest absolute Gasteiger partial charge is 0.309 e. The number of esters is 1. The molecule has 6 nitrogen and oxygen atoms in total. The molecule has 0 unspecified atom stereocenters. The van der Waals surface area contributed by atoms with E-state index >= 15 is 0 Å². The molecule has 6 heteroatoms. The van der Waals surface area contributed by atoms with Crippen LogP contribution in [-0.2, 0) is 14.3 Å². The third-order valence-electron chi connectivity index (χ3n) is 4.90. The predicted molar refractivity (Wildman–Crippen MR) is 98.9 cm³/mol. The molecule has 0 aliphatic carbocycles. The molecular weight excluding hydrogens is 318 g/mol. The number of anilines is 2. The van der Waals surface area contributed by atoms with E-state index in [2.05, 4.69) is 5.32 Å². The third-order valence-corrected chi connectivity index (χ3v) is 4.90. The number of carbonyl (C=O) groups excluding carboxylic acids is 2. The summed E-state index contributed by atoms with van der Waals surface area (Å²) < 4.78 is 5.10. The van der Waals surface area contributed by atoms with Gasteiger partial charge in [-0.05, 0) is 38.1 Å². The molecule has 1 atom stereocenters. The highest BCUT2D eigenvalue weighted by molar-refractivity contribution is 5.93. The molecule has 1 aromatic carbocycles. The molecule has 1 aromatic rings. The van der Waals surface area contributed by atoms with Crippen molar-refractivity contribution in [2.75, 3.05) is 44.0 Å². The van der Waals surface area contributed by atoms with Crippen molar-refractivity contribution in [3.05, 3.63) is 24.3 Å². The van der Waals surface area contributed by atoms with Crippen LogP contribution in [-0.4, -0.2) is 51.7 Å². The molecule has 1 saturated heterocycles. The fraction of sp³-hybridized carbons (Fsp3) is 0.579. The summed E-state index contributed by atoms with van der Waals surface area (Å²) in [4.78, 5) is 27.6. The van der Waals surface area contributed by atoms with E-state index in [-0.39, 0.29) is 23.8 Å². The van der Waals surface area contributed by atoms with E-state index in [9.17, 15) is 9.59 Å². The highest BCUT2D eigenvalue weighted by atomic mass is 16.5. The summed E-state index contributed by atoms with van der Waals surface area (Å²) in [7, 11) is 3.97. The number of hydrogen-bond acceptors (Lipinski definition) is 4. The Morgan fingerprint density at radius 1 is 1.24 bits per heavy atom. The average Bonchev–Trinajstić information content (AvgIpc) is 2.61. The highest BCUT2D eigenvalue weighted by Gasteiger charge is 2.33. The largest absolute Gasteiger partial charge is 0.466 e. The van der Waals surface area contributed by atoms with Gasteiger partial charge in [0.15, 0.2) is 6.04 Å². The number of nitrogens with zero attached hydrogens (tertiary/aromatic N) is 1. The highest BCUT2D eigenvalue weighted by Crippen LogP contribution is 2.16. The van der Waals surface area contributed by atoms with Gasteiger partial charge in [-0.25, -0.2) is 0 Å². The molecule has 1 aliphatic heterocycles. The van der Waals surface area contributed by atoms with Gasteiger partial charge in [0.1, 0.15) is 0 Å². The number of carbonyl (C=O) groups is 2. The number of nitrogens with one attached hydrogen (secondary N) is 2. The first-order valence-electron chi connectivity index (χ1n) is 9.01. The Labute approximate surface area is 150 Å². The maximum atomic E-state index is 12.5. The van der Waals surface area contributed by atoms with Crippen LogP contribution in [0.4, 0.5) is 11.4 Å². The van der Waals surface area contributed by atoms with Crippen LogP contribution in [0.25, 0.3) is 0 Å². The van der Waals surface area contributed by atoms with Crippen LogP contribution < -0.4 is 15.1 Å². The van der Waals surface area contributed by atoms with Crippen LogP contribution in [0.15, 0.2) is 24.3 Å².